The molecule has 3 aromatic rings. The van der Waals surface area contributed by atoms with Gasteiger partial charge in [0.05, 0.1) is 0 Å². The van der Waals surface area contributed by atoms with Crippen LogP contribution in [0.1, 0.15) is 29.5 Å². The lowest BCUT2D eigenvalue weighted by Gasteiger charge is -2.39. The number of hydrogen-bond donors (Lipinski definition) is 1. The number of rotatable bonds is 4. The van der Waals surface area contributed by atoms with Crippen molar-refractivity contribution in [2.45, 2.75) is 25.8 Å². The van der Waals surface area contributed by atoms with Gasteiger partial charge in [-0.2, -0.15) is 14.6 Å². The maximum absolute atomic E-state index is 4.40. The van der Waals surface area contributed by atoms with Crippen molar-refractivity contribution in [2.24, 2.45) is 5.92 Å². The van der Waals surface area contributed by atoms with Crippen molar-refractivity contribution >= 4 is 22.9 Å². The molecule has 0 aliphatic carbocycles. The summed E-state index contributed by atoms with van der Waals surface area (Å²) in [4.78, 5) is 12.5. The molecule has 1 aliphatic heterocycles. The first-order chi connectivity index (χ1) is 11.7. The lowest BCUT2D eigenvalue weighted by molar-refractivity contribution is 0.130. The molecule has 1 N–H and O–H groups in total. The van der Waals surface area contributed by atoms with Crippen LogP contribution in [0.2, 0.25) is 0 Å². The minimum Gasteiger partial charge on any atom is -0.369 e. The van der Waals surface area contributed by atoms with Crippen LogP contribution in [-0.2, 0) is 0 Å². The second kappa shape index (κ2) is 6.49. The van der Waals surface area contributed by atoms with E-state index in [-0.39, 0.29) is 0 Å². The molecule has 126 valence electrons. The number of hydrogen-bond acceptors (Lipinski definition) is 6. The smallest absolute Gasteiger partial charge is 0.254 e. The predicted octanol–water partition coefficient (Wildman–Crippen LogP) is 2.99. The highest BCUT2D eigenvalue weighted by Crippen LogP contribution is 2.37. The van der Waals surface area contributed by atoms with Gasteiger partial charge in [0, 0.05) is 29.2 Å². The molecule has 3 aromatic heterocycles. The van der Waals surface area contributed by atoms with Crippen molar-refractivity contribution in [3.8, 4) is 0 Å². The Labute approximate surface area is 145 Å². The molecule has 0 saturated carbocycles. The summed E-state index contributed by atoms with van der Waals surface area (Å²) >= 11 is 1.86. The minimum atomic E-state index is 0.487. The normalized spacial score (nSPS) is 22.1. The molecule has 4 rings (SSSR count). The zero-order valence-electron chi connectivity index (χ0n) is 14.0. The molecule has 1 fully saturated rings. The second-order valence-corrected chi connectivity index (χ2v) is 7.46. The van der Waals surface area contributed by atoms with Crippen molar-refractivity contribution in [3.63, 3.8) is 0 Å². The second-order valence-electron chi connectivity index (χ2n) is 6.48. The summed E-state index contributed by atoms with van der Waals surface area (Å²) in [5.74, 6) is 2.19. The summed E-state index contributed by atoms with van der Waals surface area (Å²) in [7, 11) is 2.24. The van der Waals surface area contributed by atoms with E-state index in [9.17, 15) is 0 Å². The number of fused-ring (bicyclic) bond motifs is 1. The van der Waals surface area contributed by atoms with Gasteiger partial charge in [0.1, 0.15) is 12.1 Å². The van der Waals surface area contributed by atoms with Gasteiger partial charge < -0.3 is 5.32 Å². The molecule has 0 bridgehead atoms. The van der Waals surface area contributed by atoms with Crippen LogP contribution in [-0.4, -0.2) is 44.6 Å². The van der Waals surface area contributed by atoms with Gasteiger partial charge in [0.15, 0.2) is 0 Å². The molecular formula is C17H22N6S. The van der Waals surface area contributed by atoms with Crippen LogP contribution in [0.3, 0.4) is 0 Å². The van der Waals surface area contributed by atoms with Crippen LogP contribution >= 0.6 is 11.3 Å². The number of nitrogens with one attached hydrogen (secondary N) is 1. The van der Waals surface area contributed by atoms with E-state index >= 15 is 0 Å². The highest BCUT2D eigenvalue weighted by molar-refractivity contribution is 7.10. The van der Waals surface area contributed by atoms with E-state index in [1.807, 2.05) is 24.3 Å². The van der Waals surface area contributed by atoms with Gasteiger partial charge in [-0.25, -0.2) is 4.98 Å². The van der Waals surface area contributed by atoms with Gasteiger partial charge >= 0.3 is 0 Å². The lowest BCUT2D eigenvalue weighted by atomic mass is 9.88. The summed E-state index contributed by atoms with van der Waals surface area (Å²) in [5, 5.41) is 10.0. The summed E-state index contributed by atoms with van der Waals surface area (Å²) in [5.41, 5.74) is 0.952. The Bertz CT molecular complexity index is 812. The van der Waals surface area contributed by atoms with E-state index in [1.165, 1.54) is 24.3 Å². The SMILES string of the molecule is Cc1cc(NC[C@@H]2CCCN(C)[C@@H]2c2cccs2)n2ncnc2n1. The number of anilines is 1. The fourth-order valence-electron chi connectivity index (χ4n) is 3.67. The molecule has 7 heteroatoms. The topological polar surface area (TPSA) is 58.4 Å². The van der Waals surface area contributed by atoms with Crippen LogP contribution < -0.4 is 5.32 Å². The van der Waals surface area contributed by atoms with Crippen LogP contribution in [0.5, 0.6) is 0 Å². The summed E-state index contributed by atoms with van der Waals surface area (Å²) in [6.45, 7) is 4.08. The van der Waals surface area contributed by atoms with Crippen molar-refractivity contribution in [2.75, 3.05) is 25.5 Å². The fraction of sp³-hybridized carbons (Fsp3) is 0.471. The number of aryl methyl sites for hydroxylation is 1. The molecule has 0 radical (unpaired) electrons. The van der Waals surface area contributed by atoms with Crippen LogP contribution in [0.15, 0.2) is 29.9 Å². The standard InChI is InChI=1S/C17H22N6S/c1-12-9-15(23-17(21-12)19-11-20-23)18-10-13-5-3-7-22(2)16(13)14-6-4-8-24-14/h4,6,8-9,11,13,16,18H,3,5,7,10H2,1-2H3/t13-,16-/m0/s1. The quantitative estimate of drug-likeness (QED) is 0.790. The van der Waals surface area contributed by atoms with Crippen molar-refractivity contribution in [1.82, 2.24) is 24.5 Å². The number of aromatic nitrogens is 4. The minimum absolute atomic E-state index is 0.487. The first kappa shape index (κ1) is 15.5. The molecule has 0 aromatic carbocycles. The van der Waals surface area contributed by atoms with E-state index < -0.39 is 0 Å². The molecule has 2 atom stereocenters. The highest BCUT2D eigenvalue weighted by atomic mass is 32.1. The monoisotopic (exact) mass is 342 g/mol. The fourth-order valence-corrected chi connectivity index (χ4v) is 4.66. The number of likely N-dealkylation sites (tertiary alicyclic amines) is 1. The molecule has 24 heavy (non-hydrogen) atoms. The molecule has 4 heterocycles. The van der Waals surface area contributed by atoms with Crippen molar-refractivity contribution < 1.29 is 0 Å². The Hall–Kier alpha value is -1.99. The van der Waals surface area contributed by atoms with Crippen molar-refractivity contribution in [1.29, 1.82) is 0 Å². The van der Waals surface area contributed by atoms with E-state index in [4.69, 9.17) is 0 Å². The maximum Gasteiger partial charge on any atom is 0.254 e. The third-order valence-electron chi connectivity index (χ3n) is 4.77. The number of nitrogens with zero attached hydrogens (tertiary/aromatic N) is 5. The Kier molecular flexibility index (Phi) is 4.20. The first-order valence-corrected chi connectivity index (χ1v) is 9.25. The molecular weight excluding hydrogens is 320 g/mol. The van der Waals surface area contributed by atoms with Gasteiger partial charge in [-0.15, -0.1) is 11.3 Å². The first-order valence-electron chi connectivity index (χ1n) is 8.37. The van der Waals surface area contributed by atoms with E-state index in [0.717, 1.165) is 18.1 Å². The lowest BCUT2D eigenvalue weighted by Crippen LogP contribution is -2.38. The van der Waals surface area contributed by atoms with Gasteiger partial charge in [0.2, 0.25) is 0 Å². The molecule has 0 spiro atoms. The van der Waals surface area contributed by atoms with Crippen molar-refractivity contribution in [3.05, 3.63) is 40.5 Å². The Morgan fingerprint density at radius 1 is 1.42 bits per heavy atom. The Balaban J connectivity index is 1.56. The molecule has 1 aliphatic rings. The summed E-state index contributed by atoms with van der Waals surface area (Å²) < 4.78 is 1.78. The van der Waals surface area contributed by atoms with E-state index in [0.29, 0.717) is 17.7 Å². The maximum atomic E-state index is 4.40. The predicted molar refractivity (Wildman–Crippen MR) is 96.4 cm³/mol. The van der Waals surface area contributed by atoms with Gasteiger partial charge in [0.25, 0.3) is 5.78 Å². The number of piperidine rings is 1. The molecule has 1 saturated heterocycles. The zero-order chi connectivity index (χ0) is 16.5. The van der Waals surface area contributed by atoms with Gasteiger partial charge in [-0.1, -0.05) is 6.07 Å². The van der Waals surface area contributed by atoms with E-state index in [1.54, 1.807) is 10.8 Å². The van der Waals surface area contributed by atoms with Crippen LogP contribution in [0.25, 0.3) is 5.78 Å². The third kappa shape index (κ3) is 2.89. The highest BCUT2D eigenvalue weighted by Gasteiger charge is 2.31. The van der Waals surface area contributed by atoms with E-state index in [2.05, 4.69) is 49.8 Å². The van der Waals surface area contributed by atoms with Crippen LogP contribution in [0, 0.1) is 12.8 Å². The average molecular weight is 342 g/mol. The average Bonchev–Trinajstić information content (AvgIpc) is 3.23. The summed E-state index contributed by atoms with van der Waals surface area (Å²) in [6, 6.07) is 6.93. The van der Waals surface area contributed by atoms with Crippen LogP contribution in [0.4, 0.5) is 5.82 Å². The molecule has 6 nitrogen and oxygen atoms in total. The molecule has 0 unspecified atom stereocenters. The largest absolute Gasteiger partial charge is 0.369 e. The van der Waals surface area contributed by atoms with Gasteiger partial charge in [-0.3, -0.25) is 4.90 Å². The summed E-state index contributed by atoms with van der Waals surface area (Å²) in [6.07, 6.45) is 4.04. The molecule has 0 amide bonds. The number of thiophene rings is 1. The zero-order valence-corrected chi connectivity index (χ0v) is 14.8. The van der Waals surface area contributed by atoms with Gasteiger partial charge in [-0.05, 0) is 50.7 Å². The third-order valence-corrected chi connectivity index (χ3v) is 5.71. The Morgan fingerprint density at radius 2 is 2.33 bits per heavy atom. The Morgan fingerprint density at radius 3 is 3.17 bits per heavy atom.